The Morgan fingerprint density at radius 2 is 2.26 bits per heavy atom. The van der Waals surface area contributed by atoms with Gasteiger partial charge in [-0.05, 0) is 24.3 Å². The Hall–Kier alpha value is -1.69. The molecule has 0 aliphatic carbocycles. The summed E-state index contributed by atoms with van der Waals surface area (Å²) in [5.74, 6) is 2.07. The minimum atomic E-state index is 0.0102. The number of anilines is 1. The second-order valence-corrected chi connectivity index (χ2v) is 5.61. The first kappa shape index (κ1) is 13.7. The van der Waals surface area contributed by atoms with Gasteiger partial charge in [0.2, 0.25) is 5.91 Å². The van der Waals surface area contributed by atoms with Crippen molar-refractivity contribution in [3.8, 4) is 0 Å². The van der Waals surface area contributed by atoms with E-state index in [1.54, 1.807) is 41.9 Å². The molecule has 0 bridgehead atoms. The Morgan fingerprint density at radius 1 is 1.53 bits per heavy atom. The molecule has 1 aliphatic heterocycles. The molecule has 1 heterocycles. The van der Waals surface area contributed by atoms with Crippen molar-refractivity contribution in [1.82, 2.24) is 0 Å². The maximum absolute atomic E-state index is 12.4. The summed E-state index contributed by atoms with van der Waals surface area (Å²) in [6, 6.07) is 7.15. The maximum atomic E-state index is 12.4. The van der Waals surface area contributed by atoms with Gasteiger partial charge in [0, 0.05) is 24.3 Å². The number of nitrogens with zero attached hydrogens (tertiary/aromatic N) is 2. The summed E-state index contributed by atoms with van der Waals surface area (Å²) in [6.45, 7) is 0. The van der Waals surface area contributed by atoms with Gasteiger partial charge in [-0.3, -0.25) is 4.79 Å². The van der Waals surface area contributed by atoms with E-state index in [-0.39, 0.29) is 17.7 Å². The summed E-state index contributed by atoms with van der Waals surface area (Å²) in [4.78, 5) is 14.0. The number of para-hydroxylation sites is 1. The van der Waals surface area contributed by atoms with Crippen LogP contribution >= 0.6 is 11.8 Å². The van der Waals surface area contributed by atoms with Gasteiger partial charge in [0.05, 0.1) is 5.69 Å². The zero-order valence-corrected chi connectivity index (χ0v) is 11.6. The Bertz CT molecular complexity index is 498. The lowest BCUT2D eigenvalue weighted by Gasteiger charge is -2.23. The zero-order chi connectivity index (χ0) is 13.8. The molecule has 19 heavy (non-hydrogen) atoms. The molecule has 0 spiro atoms. The molecular weight excluding hydrogens is 262 g/mol. The van der Waals surface area contributed by atoms with Crippen LogP contribution in [0.4, 0.5) is 5.69 Å². The molecule has 1 amide bonds. The summed E-state index contributed by atoms with van der Waals surface area (Å²) in [6.07, 6.45) is 0.916. The lowest BCUT2D eigenvalue weighted by Crippen LogP contribution is -2.34. The molecule has 1 aromatic rings. The van der Waals surface area contributed by atoms with Gasteiger partial charge in [-0.1, -0.05) is 17.3 Å². The van der Waals surface area contributed by atoms with Gasteiger partial charge >= 0.3 is 0 Å². The number of amidine groups is 1. The van der Waals surface area contributed by atoms with E-state index in [1.807, 2.05) is 6.07 Å². The largest absolute Gasteiger partial charge is 0.409 e. The fourth-order valence-electron chi connectivity index (χ4n) is 2.16. The fourth-order valence-corrected chi connectivity index (χ4v) is 3.37. The number of rotatable bonds is 3. The summed E-state index contributed by atoms with van der Waals surface area (Å²) in [7, 11) is 1.73. The minimum Gasteiger partial charge on any atom is -0.409 e. The number of amides is 1. The van der Waals surface area contributed by atoms with Gasteiger partial charge in [0.15, 0.2) is 5.84 Å². The van der Waals surface area contributed by atoms with E-state index in [0.29, 0.717) is 11.3 Å². The van der Waals surface area contributed by atoms with Gasteiger partial charge < -0.3 is 15.8 Å². The Kier molecular flexibility index (Phi) is 4.31. The third-order valence-corrected chi connectivity index (χ3v) is 4.42. The first-order valence-electron chi connectivity index (χ1n) is 6.07. The van der Waals surface area contributed by atoms with Gasteiger partial charge in [-0.15, -0.1) is 0 Å². The van der Waals surface area contributed by atoms with Crippen molar-refractivity contribution in [1.29, 1.82) is 0 Å². The van der Waals surface area contributed by atoms with Gasteiger partial charge in [0.25, 0.3) is 0 Å². The highest BCUT2D eigenvalue weighted by atomic mass is 32.2. The number of oxime groups is 1. The quantitative estimate of drug-likeness (QED) is 0.380. The molecule has 0 radical (unpaired) electrons. The predicted octanol–water partition coefficient (Wildman–Crippen LogP) is 1.50. The van der Waals surface area contributed by atoms with E-state index < -0.39 is 0 Å². The highest BCUT2D eigenvalue weighted by Crippen LogP contribution is 2.28. The average Bonchev–Trinajstić information content (AvgIpc) is 2.99. The van der Waals surface area contributed by atoms with E-state index in [4.69, 9.17) is 10.9 Å². The molecule has 2 rings (SSSR count). The number of thioether (sulfide) groups is 1. The number of hydrogen-bond donors (Lipinski definition) is 2. The van der Waals surface area contributed by atoms with Crippen molar-refractivity contribution in [2.75, 3.05) is 23.5 Å². The molecule has 0 aromatic heterocycles. The number of nitrogens with two attached hydrogens (primary N) is 1. The predicted molar refractivity (Wildman–Crippen MR) is 77.8 cm³/mol. The van der Waals surface area contributed by atoms with E-state index in [0.717, 1.165) is 17.9 Å². The standard InChI is InChI=1S/C13H17N3O2S/c1-16(13(17)9-6-7-19-8-9)11-5-3-2-4-10(11)12(14)15-18/h2-5,9,18H,6-8H2,1H3,(H2,14,15). The summed E-state index contributed by atoms with van der Waals surface area (Å²) < 4.78 is 0. The van der Waals surface area contributed by atoms with Crippen molar-refractivity contribution in [3.63, 3.8) is 0 Å². The molecule has 6 heteroatoms. The van der Waals surface area contributed by atoms with E-state index >= 15 is 0 Å². The van der Waals surface area contributed by atoms with Crippen LogP contribution in [-0.2, 0) is 4.79 Å². The topological polar surface area (TPSA) is 78.9 Å². The lowest BCUT2D eigenvalue weighted by molar-refractivity contribution is -0.121. The zero-order valence-electron chi connectivity index (χ0n) is 10.7. The molecule has 1 atom stereocenters. The van der Waals surface area contributed by atoms with Crippen LogP contribution in [0.25, 0.3) is 0 Å². The van der Waals surface area contributed by atoms with Crippen LogP contribution < -0.4 is 10.6 Å². The molecule has 3 N–H and O–H groups in total. The molecule has 0 saturated carbocycles. The third kappa shape index (κ3) is 2.84. The van der Waals surface area contributed by atoms with Crippen molar-refractivity contribution in [2.45, 2.75) is 6.42 Å². The lowest BCUT2D eigenvalue weighted by atomic mass is 10.1. The average molecular weight is 279 g/mol. The highest BCUT2D eigenvalue weighted by molar-refractivity contribution is 7.99. The summed E-state index contributed by atoms with van der Waals surface area (Å²) in [5, 5.41) is 11.8. The first-order chi connectivity index (χ1) is 9.15. The van der Waals surface area contributed by atoms with Crippen LogP contribution in [0.1, 0.15) is 12.0 Å². The molecule has 102 valence electrons. The Morgan fingerprint density at radius 3 is 2.89 bits per heavy atom. The van der Waals surface area contributed by atoms with Crippen LogP contribution in [0.15, 0.2) is 29.4 Å². The van der Waals surface area contributed by atoms with Crippen molar-refractivity contribution in [3.05, 3.63) is 29.8 Å². The molecule has 1 unspecified atom stereocenters. The van der Waals surface area contributed by atoms with Crippen molar-refractivity contribution in [2.24, 2.45) is 16.8 Å². The van der Waals surface area contributed by atoms with E-state index in [9.17, 15) is 4.79 Å². The molecule has 5 nitrogen and oxygen atoms in total. The van der Waals surface area contributed by atoms with Crippen molar-refractivity contribution < 1.29 is 10.0 Å². The first-order valence-corrected chi connectivity index (χ1v) is 7.23. The number of benzene rings is 1. The molecule has 1 aliphatic rings. The van der Waals surface area contributed by atoms with E-state index in [1.165, 1.54) is 0 Å². The molecule has 1 fully saturated rings. The second-order valence-electron chi connectivity index (χ2n) is 4.46. The Labute approximate surface area is 116 Å². The number of carbonyl (C=O) groups excluding carboxylic acids is 1. The van der Waals surface area contributed by atoms with Crippen LogP contribution in [0.5, 0.6) is 0 Å². The monoisotopic (exact) mass is 279 g/mol. The van der Waals surface area contributed by atoms with Gasteiger partial charge in [-0.25, -0.2) is 0 Å². The normalized spacial score (nSPS) is 19.4. The molecular formula is C13H17N3O2S. The fraction of sp³-hybridized carbons (Fsp3) is 0.385. The van der Waals surface area contributed by atoms with Crippen molar-refractivity contribution >= 4 is 29.2 Å². The van der Waals surface area contributed by atoms with Gasteiger partial charge in [0.1, 0.15) is 0 Å². The Balaban J connectivity index is 2.28. The second kappa shape index (κ2) is 5.97. The highest BCUT2D eigenvalue weighted by Gasteiger charge is 2.27. The minimum absolute atomic E-state index is 0.0102. The van der Waals surface area contributed by atoms with Crippen LogP contribution in [0.2, 0.25) is 0 Å². The SMILES string of the molecule is CN(C(=O)C1CCSC1)c1ccccc1C(N)=NO. The smallest absolute Gasteiger partial charge is 0.230 e. The third-order valence-electron chi connectivity index (χ3n) is 3.26. The van der Waals surface area contributed by atoms with E-state index in [2.05, 4.69) is 5.16 Å². The number of hydrogen-bond acceptors (Lipinski definition) is 4. The molecule has 1 saturated heterocycles. The summed E-state index contributed by atoms with van der Waals surface area (Å²) >= 11 is 1.80. The van der Waals surface area contributed by atoms with Crippen LogP contribution in [0.3, 0.4) is 0 Å². The number of carbonyl (C=O) groups is 1. The van der Waals surface area contributed by atoms with Crippen LogP contribution in [0, 0.1) is 5.92 Å². The maximum Gasteiger partial charge on any atom is 0.230 e. The van der Waals surface area contributed by atoms with Gasteiger partial charge in [-0.2, -0.15) is 11.8 Å². The summed E-state index contributed by atoms with van der Waals surface area (Å²) in [5.41, 5.74) is 6.87. The van der Waals surface area contributed by atoms with Crippen LogP contribution in [-0.4, -0.2) is 35.5 Å². The molecule has 1 aromatic carbocycles.